The Labute approximate surface area is 91.6 Å². The maximum absolute atomic E-state index is 11.6. The maximum Gasteiger partial charge on any atom is 0.268 e. The lowest BCUT2D eigenvalue weighted by Gasteiger charge is -1.98. The highest BCUT2D eigenvalue weighted by Gasteiger charge is 2.09. The number of amides is 2. The SMILES string of the molecule is NC(=O)CNC(=O)c1cc2ccccc2[nH]1. The van der Waals surface area contributed by atoms with Crippen LogP contribution >= 0.6 is 0 Å². The first-order chi connectivity index (χ1) is 7.66. The molecule has 0 bridgehead atoms. The van der Waals surface area contributed by atoms with Crippen LogP contribution in [-0.4, -0.2) is 23.3 Å². The summed E-state index contributed by atoms with van der Waals surface area (Å²) in [6.45, 7) is -0.159. The minimum atomic E-state index is -0.565. The van der Waals surface area contributed by atoms with Crippen LogP contribution in [0.3, 0.4) is 0 Å². The van der Waals surface area contributed by atoms with Gasteiger partial charge in [0, 0.05) is 10.9 Å². The standard InChI is InChI=1S/C11H11N3O2/c12-10(15)6-13-11(16)9-5-7-3-1-2-4-8(7)14-9/h1-5,14H,6H2,(H2,12,15)(H,13,16). The number of aromatic nitrogens is 1. The van der Waals surface area contributed by atoms with Gasteiger partial charge in [0.05, 0.1) is 6.54 Å². The van der Waals surface area contributed by atoms with E-state index in [0.29, 0.717) is 5.69 Å². The van der Waals surface area contributed by atoms with Gasteiger partial charge < -0.3 is 16.0 Å². The van der Waals surface area contributed by atoms with Gasteiger partial charge in [0.15, 0.2) is 0 Å². The quantitative estimate of drug-likeness (QED) is 0.694. The van der Waals surface area contributed by atoms with Crippen molar-refractivity contribution in [3.8, 4) is 0 Å². The zero-order valence-corrected chi connectivity index (χ0v) is 8.49. The molecule has 5 nitrogen and oxygen atoms in total. The van der Waals surface area contributed by atoms with E-state index in [1.807, 2.05) is 24.3 Å². The number of nitrogens with two attached hydrogens (primary N) is 1. The molecule has 0 unspecified atom stereocenters. The second kappa shape index (κ2) is 4.06. The van der Waals surface area contributed by atoms with Gasteiger partial charge in [0.2, 0.25) is 5.91 Å². The molecule has 0 saturated carbocycles. The molecule has 1 aromatic heterocycles. The van der Waals surface area contributed by atoms with Gasteiger partial charge in [0.1, 0.15) is 5.69 Å². The highest BCUT2D eigenvalue weighted by Crippen LogP contribution is 2.14. The summed E-state index contributed by atoms with van der Waals surface area (Å²) in [6, 6.07) is 9.27. The Morgan fingerprint density at radius 2 is 2.06 bits per heavy atom. The molecule has 0 spiro atoms. The average molecular weight is 217 g/mol. The Morgan fingerprint density at radius 1 is 1.31 bits per heavy atom. The Morgan fingerprint density at radius 3 is 2.75 bits per heavy atom. The molecule has 2 rings (SSSR count). The van der Waals surface area contributed by atoms with Gasteiger partial charge in [0.25, 0.3) is 5.91 Å². The summed E-state index contributed by atoms with van der Waals surface area (Å²) in [7, 11) is 0. The molecule has 0 aliphatic heterocycles. The molecular formula is C11H11N3O2. The third-order valence-corrected chi connectivity index (χ3v) is 2.20. The highest BCUT2D eigenvalue weighted by atomic mass is 16.2. The van der Waals surface area contributed by atoms with Crippen LogP contribution in [0.2, 0.25) is 0 Å². The van der Waals surface area contributed by atoms with Crippen molar-refractivity contribution in [2.45, 2.75) is 0 Å². The summed E-state index contributed by atoms with van der Waals surface area (Å²) in [6.07, 6.45) is 0. The Kier molecular flexibility index (Phi) is 2.59. The molecular weight excluding hydrogens is 206 g/mol. The molecule has 0 aliphatic carbocycles. The molecule has 2 aromatic rings. The van der Waals surface area contributed by atoms with Crippen LogP contribution < -0.4 is 11.1 Å². The van der Waals surface area contributed by atoms with Crippen molar-refractivity contribution in [2.75, 3.05) is 6.54 Å². The van der Waals surface area contributed by atoms with Crippen molar-refractivity contribution < 1.29 is 9.59 Å². The van der Waals surface area contributed by atoms with Gasteiger partial charge in [-0.3, -0.25) is 9.59 Å². The number of hydrogen-bond donors (Lipinski definition) is 3. The topological polar surface area (TPSA) is 88.0 Å². The van der Waals surface area contributed by atoms with Crippen LogP contribution in [0.4, 0.5) is 0 Å². The summed E-state index contributed by atoms with van der Waals surface area (Å²) in [5, 5.41) is 3.37. The summed E-state index contributed by atoms with van der Waals surface area (Å²) in [4.78, 5) is 25.0. The van der Waals surface area contributed by atoms with Crippen LogP contribution in [-0.2, 0) is 4.79 Å². The second-order valence-corrected chi connectivity index (χ2v) is 3.42. The summed E-state index contributed by atoms with van der Waals surface area (Å²) < 4.78 is 0. The summed E-state index contributed by atoms with van der Waals surface area (Å²) >= 11 is 0. The summed E-state index contributed by atoms with van der Waals surface area (Å²) in [5.41, 5.74) is 6.23. The third kappa shape index (κ3) is 2.03. The van der Waals surface area contributed by atoms with Crippen LogP contribution in [0, 0.1) is 0 Å². The average Bonchev–Trinajstić information content (AvgIpc) is 2.69. The van der Waals surface area contributed by atoms with E-state index in [1.165, 1.54) is 0 Å². The van der Waals surface area contributed by atoms with E-state index in [1.54, 1.807) is 6.07 Å². The van der Waals surface area contributed by atoms with Crippen molar-refractivity contribution in [1.29, 1.82) is 0 Å². The van der Waals surface area contributed by atoms with E-state index >= 15 is 0 Å². The highest BCUT2D eigenvalue weighted by molar-refractivity contribution is 5.99. The number of hydrogen-bond acceptors (Lipinski definition) is 2. The van der Waals surface area contributed by atoms with Gasteiger partial charge in [-0.05, 0) is 12.1 Å². The van der Waals surface area contributed by atoms with E-state index in [2.05, 4.69) is 10.3 Å². The van der Waals surface area contributed by atoms with Crippen LogP contribution in [0.15, 0.2) is 30.3 Å². The number of rotatable bonds is 3. The fourth-order valence-electron chi connectivity index (χ4n) is 1.46. The minimum absolute atomic E-state index is 0.159. The maximum atomic E-state index is 11.6. The largest absolute Gasteiger partial charge is 0.368 e. The zero-order valence-electron chi connectivity index (χ0n) is 8.49. The number of carbonyl (C=O) groups excluding carboxylic acids is 2. The number of fused-ring (bicyclic) bond motifs is 1. The molecule has 0 saturated heterocycles. The smallest absolute Gasteiger partial charge is 0.268 e. The molecule has 0 fully saturated rings. The first-order valence-corrected chi connectivity index (χ1v) is 4.81. The zero-order chi connectivity index (χ0) is 11.5. The number of primary amides is 1. The van der Waals surface area contributed by atoms with Crippen LogP contribution in [0.1, 0.15) is 10.5 Å². The minimum Gasteiger partial charge on any atom is -0.368 e. The number of H-pyrrole nitrogens is 1. The first kappa shape index (κ1) is 10.2. The molecule has 0 radical (unpaired) electrons. The van der Waals surface area contributed by atoms with Crippen molar-refractivity contribution in [3.63, 3.8) is 0 Å². The van der Waals surface area contributed by atoms with E-state index in [4.69, 9.17) is 5.73 Å². The Bertz CT molecular complexity index is 512. The lowest BCUT2D eigenvalue weighted by atomic mass is 10.2. The fourth-order valence-corrected chi connectivity index (χ4v) is 1.46. The van der Waals surface area contributed by atoms with Crippen LogP contribution in [0.25, 0.3) is 10.9 Å². The molecule has 1 aromatic carbocycles. The number of carbonyl (C=O) groups is 2. The number of benzene rings is 1. The molecule has 2 amide bonds. The third-order valence-electron chi connectivity index (χ3n) is 2.20. The first-order valence-electron chi connectivity index (χ1n) is 4.81. The fraction of sp³-hybridized carbons (Fsp3) is 0.0909. The van der Waals surface area contributed by atoms with Crippen molar-refractivity contribution in [2.24, 2.45) is 5.73 Å². The Balaban J connectivity index is 2.20. The number of aromatic amines is 1. The molecule has 4 N–H and O–H groups in total. The Hall–Kier alpha value is -2.30. The van der Waals surface area contributed by atoms with E-state index < -0.39 is 5.91 Å². The molecule has 0 aliphatic rings. The normalized spacial score (nSPS) is 10.2. The van der Waals surface area contributed by atoms with Gasteiger partial charge in [-0.15, -0.1) is 0 Å². The monoisotopic (exact) mass is 217 g/mol. The van der Waals surface area contributed by atoms with E-state index in [9.17, 15) is 9.59 Å². The van der Waals surface area contributed by atoms with Crippen molar-refractivity contribution in [1.82, 2.24) is 10.3 Å². The molecule has 16 heavy (non-hydrogen) atoms. The van der Waals surface area contributed by atoms with E-state index in [0.717, 1.165) is 10.9 Å². The van der Waals surface area contributed by atoms with Gasteiger partial charge in [-0.2, -0.15) is 0 Å². The molecule has 82 valence electrons. The van der Waals surface area contributed by atoms with E-state index in [-0.39, 0.29) is 12.5 Å². The molecule has 1 heterocycles. The van der Waals surface area contributed by atoms with Gasteiger partial charge in [-0.1, -0.05) is 18.2 Å². The lowest BCUT2D eigenvalue weighted by Crippen LogP contribution is -2.33. The second-order valence-electron chi connectivity index (χ2n) is 3.42. The molecule has 0 atom stereocenters. The van der Waals surface area contributed by atoms with Crippen molar-refractivity contribution in [3.05, 3.63) is 36.0 Å². The van der Waals surface area contributed by atoms with Gasteiger partial charge in [-0.25, -0.2) is 0 Å². The van der Waals surface area contributed by atoms with Crippen molar-refractivity contribution >= 4 is 22.7 Å². The predicted octanol–water partition coefficient (Wildman–Crippen LogP) is 0.383. The van der Waals surface area contributed by atoms with Crippen LogP contribution in [0.5, 0.6) is 0 Å². The number of nitrogens with one attached hydrogen (secondary N) is 2. The lowest BCUT2D eigenvalue weighted by molar-refractivity contribution is -0.117. The number of para-hydroxylation sites is 1. The summed E-state index contributed by atoms with van der Waals surface area (Å²) in [5.74, 6) is -0.903. The van der Waals surface area contributed by atoms with Gasteiger partial charge >= 0.3 is 0 Å². The molecule has 5 heteroatoms. The predicted molar refractivity (Wildman–Crippen MR) is 59.8 cm³/mol.